The van der Waals surface area contributed by atoms with Crippen LogP contribution in [0, 0.1) is 17.7 Å². The van der Waals surface area contributed by atoms with E-state index in [4.69, 9.17) is 0 Å². The van der Waals surface area contributed by atoms with Crippen molar-refractivity contribution in [3.63, 3.8) is 0 Å². The quantitative estimate of drug-likeness (QED) is 0.786. The van der Waals surface area contributed by atoms with E-state index in [0.717, 1.165) is 6.42 Å². The maximum atomic E-state index is 13.2. The summed E-state index contributed by atoms with van der Waals surface area (Å²) in [6, 6.07) is 5.95. The van der Waals surface area contributed by atoms with Crippen molar-refractivity contribution in [1.82, 2.24) is 0 Å². The van der Waals surface area contributed by atoms with E-state index >= 15 is 0 Å². The molecule has 1 amide bonds. The summed E-state index contributed by atoms with van der Waals surface area (Å²) < 4.78 is 13.2. The SMILES string of the molecule is CC(C)C(=O)C1CCCN(c2cccc(F)c2)C1=O. The molecule has 1 aliphatic heterocycles. The first-order chi connectivity index (χ1) is 9.00. The Morgan fingerprint density at radius 3 is 2.79 bits per heavy atom. The fraction of sp³-hybridized carbons (Fsp3) is 0.467. The Hall–Kier alpha value is -1.71. The number of nitrogens with zero attached hydrogens (tertiary/aromatic N) is 1. The molecule has 0 aromatic heterocycles. The van der Waals surface area contributed by atoms with Gasteiger partial charge >= 0.3 is 0 Å². The van der Waals surface area contributed by atoms with Crippen molar-refractivity contribution in [2.24, 2.45) is 11.8 Å². The number of piperidine rings is 1. The van der Waals surface area contributed by atoms with Crippen LogP contribution in [0.2, 0.25) is 0 Å². The molecule has 3 nitrogen and oxygen atoms in total. The number of rotatable bonds is 3. The molecule has 1 saturated heterocycles. The predicted octanol–water partition coefficient (Wildman–Crippen LogP) is 2.79. The number of carbonyl (C=O) groups is 2. The van der Waals surface area contributed by atoms with Crippen molar-refractivity contribution in [2.75, 3.05) is 11.4 Å². The lowest BCUT2D eigenvalue weighted by molar-refractivity contribution is -0.135. The molecule has 4 heteroatoms. The second kappa shape index (κ2) is 5.51. The lowest BCUT2D eigenvalue weighted by Gasteiger charge is -2.32. The average Bonchev–Trinajstić information content (AvgIpc) is 2.38. The van der Waals surface area contributed by atoms with Crippen LogP contribution in [0.25, 0.3) is 0 Å². The van der Waals surface area contributed by atoms with Gasteiger partial charge in [0, 0.05) is 18.2 Å². The molecule has 19 heavy (non-hydrogen) atoms. The Balaban J connectivity index is 2.23. The summed E-state index contributed by atoms with van der Waals surface area (Å²) in [6.07, 6.45) is 1.37. The maximum Gasteiger partial charge on any atom is 0.237 e. The molecule has 102 valence electrons. The van der Waals surface area contributed by atoms with Crippen molar-refractivity contribution in [3.05, 3.63) is 30.1 Å². The van der Waals surface area contributed by atoms with Crippen LogP contribution in [0.1, 0.15) is 26.7 Å². The van der Waals surface area contributed by atoms with Crippen LogP contribution in [-0.2, 0) is 9.59 Å². The minimum absolute atomic E-state index is 0.0221. The molecule has 1 aliphatic rings. The second-order valence-electron chi connectivity index (χ2n) is 5.22. The summed E-state index contributed by atoms with van der Waals surface area (Å²) in [5.74, 6) is -1.32. The number of anilines is 1. The fourth-order valence-electron chi connectivity index (χ4n) is 2.44. The zero-order valence-corrected chi connectivity index (χ0v) is 11.2. The lowest BCUT2D eigenvalue weighted by Crippen LogP contribution is -2.45. The minimum atomic E-state index is -0.572. The molecular weight excluding hydrogens is 245 g/mol. The number of benzene rings is 1. The molecule has 1 unspecified atom stereocenters. The lowest BCUT2D eigenvalue weighted by atomic mass is 9.87. The zero-order valence-electron chi connectivity index (χ0n) is 11.2. The van der Waals surface area contributed by atoms with Gasteiger partial charge in [0.05, 0.1) is 5.92 Å². The largest absolute Gasteiger partial charge is 0.312 e. The van der Waals surface area contributed by atoms with Gasteiger partial charge in [-0.3, -0.25) is 9.59 Å². The van der Waals surface area contributed by atoms with E-state index in [1.807, 2.05) is 0 Å². The number of halogens is 1. The number of ketones is 1. The Labute approximate surface area is 112 Å². The van der Waals surface area contributed by atoms with Crippen molar-refractivity contribution >= 4 is 17.4 Å². The van der Waals surface area contributed by atoms with Crippen LogP contribution in [-0.4, -0.2) is 18.2 Å². The first-order valence-corrected chi connectivity index (χ1v) is 6.61. The molecule has 1 fully saturated rings. The number of hydrogen-bond donors (Lipinski definition) is 0. The predicted molar refractivity (Wildman–Crippen MR) is 71.3 cm³/mol. The van der Waals surface area contributed by atoms with Gasteiger partial charge in [-0.15, -0.1) is 0 Å². The van der Waals surface area contributed by atoms with Crippen molar-refractivity contribution in [1.29, 1.82) is 0 Å². The summed E-state index contributed by atoms with van der Waals surface area (Å²) in [5, 5.41) is 0. The Bertz CT molecular complexity index is 499. The minimum Gasteiger partial charge on any atom is -0.312 e. The van der Waals surface area contributed by atoms with E-state index in [2.05, 4.69) is 0 Å². The Kier molecular flexibility index (Phi) is 3.98. The molecule has 1 aromatic rings. The van der Waals surface area contributed by atoms with Crippen LogP contribution in [0.4, 0.5) is 10.1 Å². The highest BCUT2D eigenvalue weighted by Crippen LogP contribution is 2.27. The van der Waals surface area contributed by atoms with Gasteiger partial charge in [0.2, 0.25) is 5.91 Å². The van der Waals surface area contributed by atoms with Crippen molar-refractivity contribution < 1.29 is 14.0 Å². The first-order valence-electron chi connectivity index (χ1n) is 6.61. The van der Waals surface area contributed by atoms with E-state index in [1.54, 1.807) is 26.0 Å². The highest BCUT2D eigenvalue weighted by molar-refractivity contribution is 6.09. The fourth-order valence-corrected chi connectivity index (χ4v) is 2.44. The third-order valence-electron chi connectivity index (χ3n) is 3.47. The molecule has 0 N–H and O–H groups in total. The summed E-state index contributed by atoms with van der Waals surface area (Å²) >= 11 is 0. The van der Waals surface area contributed by atoms with Crippen LogP contribution in [0.3, 0.4) is 0 Å². The Morgan fingerprint density at radius 2 is 2.16 bits per heavy atom. The van der Waals surface area contributed by atoms with Crippen molar-refractivity contribution in [3.8, 4) is 0 Å². The van der Waals surface area contributed by atoms with Gasteiger partial charge in [-0.05, 0) is 31.0 Å². The van der Waals surface area contributed by atoms with E-state index < -0.39 is 5.92 Å². The van der Waals surface area contributed by atoms with Crippen LogP contribution >= 0.6 is 0 Å². The van der Waals surface area contributed by atoms with E-state index in [-0.39, 0.29) is 23.4 Å². The normalized spacial score (nSPS) is 19.9. The Morgan fingerprint density at radius 1 is 1.42 bits per heavy atom. The summed E-state index contributed by atoms with van der Waals surface area (Å²) in [4.78, 5) is 25.9. The van der Waals surface area contributed by atoms with Crippen molar-refractivity contribution in [2.45, 2.75) is 26.7 Å². The molecule has 2 rings (SSSR count). The van der Waals surface area contributed by atoms with E-state index in [0.29, 0.717) is 18.7 Å². The second-order valence-corrected chi connectivity index (χ2v) is 5.22. The maximum absolute atomic E-state index is 13.2. The number of Topliss-reactive ketones (excluding diaryl/α,β-unsaturated/α-hetero) is 1. The molecule has 0 radical (unpaired) electrons. The highest BCUT2D eigenvalue weighted by Gasteiger charge is 2.35. The summed E-state index contributed by atoms with van der Waals surface area (Å²) in [5.41, 5.74) is 0.534. The smallest absolute Gasteiger partial charge is 0.237 e. The van der Waals surface area contributed by atoms with Gasteiger partial charge in [0.1, 0.15) is 11.6 Å². The first kappa shape index (κ1) is 13.7. The molecule has 0 bridgehead atoms. The number of hydrogen-bond acceptors (Lipinski definition) is 2. The molecule has 0 saturated carbocycles. The molecule has 0 spiro atoms. The topological polar surface area (TPSA) is 37.4 Å². The monoisotopic (exact) mass is 263 g/mol. The standard InChI is InChI=1S/C15H18FNO2/c1-10(2)14(18)13-7-4-8-17(15(13)19)12-6-3-5-11(16)9-12/h3,5-6,9-10,13H,4,7-8H2,1-2H3. The van der Waals surface area contributed by atoms with Crippen LogP contribution in [0.5, 0.6) is 0 Å². The average molecular weight is 263 g/mol. The van der Waals surface area contributed by atoms with Crippen LogP contribution in [0.15, 0.2) is 24.3 Å². The van der Waals surface area contributed by atoms with E-state index in [1.165, 1.54) is 17.0 Å². The van der Waals surface area contributed by atoms with Gasteiger partial charge < -0.3 is 4.90 Å². The van der Waals surface area contributed by atoms with Gasteiger partial charge in [0.15, 0.2) is 0 Å². The summed E-state index contributed by atoms with van der Waals surface area (Å²) in [7, 11) is 0. The van der Waals surface area contributed by atoms with Gasteiger partial charge in [-0.25, -0.2) is 4.39 Å². The zero-order chi connectivity index (χ0) is 14.0. The highest BCUT2D eigenvalue weighted by atomic mass is 19.1. The number of carbonyl (C=O) groups excluding carboxylic acids is 2. The van der Waals surface area contributed by atoms with Gasteiger partial charge in [-0.2, -0.15) is 0 Å². The van der Waals surface area contributed by atoms with Crippen LogP contribution < -0.4 is 4.90 Å². The third kappa shape index (κ3) is 2.83. The number of amides is 1. The molecule has 1 aromatic carbocycles. The third-order valence-corrected chi connectivity index (χ3v) is 3.47. The molecule has 0 aliphatic carbocycles. The molecule has 1 atom stereocenters. The molecular formula is C15H18FNO2. The molecule has 1 heterocycles. The van der Waals surface area contributed by atoms with Gasteiger partial charge in [-0.1, -0.05) is 19.9 Å². The summed E-state index contributed by atoms with van der Waals surface area (Å²) in [6.45, 7) is 4.15. The van der Waals surface area contributed by atoms with E-state index in [9.17, 15) is 14.0 Å². The van der Waals surface area contributed by atoms with Gasteiger partial charge in [0.25, 0.3) is 0 Å².